The second-order valence-corrected chi connectivity index (χ2v) is 6.05. The van der Waals surface area contributed by atoms with Gasteiger partial charge in [-0.3, -0.25) is 9.59 Å². The van der Waals surface area contributed by atoms with Gasteiger partial charge >= 0.3 is 11.9 Å². The van der Waals surface area contributed by atoms with Crippen molar-refractivity contribution in [2.45, 2.75) is 16.2 Å². The van der Waals surface area contributed by atoms with Gasteiger partial charge in [-0.05, 0) is 18.2 Å². The highest BCUT2D eigenvalue weighted by Crippen LogP contribution is 2.41. The number of halogens is 1. The second-order valence-electron chi connectivity index (χ2n) is 4.27. The van der Waals surface area contributed by atoms with Crippen molar-refractivity contribution in [2.75, 3.05) is 14.2 Å². The van der Waals surface area contributed by atoms with Crippen LogP contribution in [0, 0.1) is 0 Å². The molecule has 1 aliphatic heterocycles. The normalized spacial score (nSPS) is 20.2. The molecule has 1 heterocycles. The quantitative estimate of drug-likeness (QED) is 0.848. The van der Waals surface area contributed by atoms with Crippen LogP contribution in [0.15, 0.2) is 23.1 Å². The van der Waals surface area contributed by atoms with Gasteiger partial charge in [0, 0.05) is 9.92 Å². The van der Waals surface area contributed by atoms with Crippen molar-refractivity contribution < 1.29 is 23.9 Å². The van der Waals surface area contributed by atoms with E-state index in [9.17, 15) is 14.4 Å². The molecule has 0 spiro atoms. The van der Waals surface area contributed by atoms with Crippen molar-refractivity contribution >= 4 is 41.2 Å². The number of fused-ring (bicyclic) bond motifs is 1. The van der Waals surface area contributed by atoms with E-state index in [2.05, 4.69) is 10.1 Å². The highest BCUT2D eigenvalue weighted by molar-refractivity contribution is 8.01. The average molecular weight is 330 g/mol. The summed E-state index contributed by atoms with van der Waals surface area (Å²) in [5.74, 6) is -1.86. The molecule has 0 radical (unpaired) electrons. The van der Waals surface area contributed by atoms with Gasteiger partial charge < -0.3 is 14.8 Å². The lowest BCUT2D eigenvalue weighted by Crippen LogP contribution is -2.56. The third kappa shape index (κ3) is 2.98. The number of benzene rings is 1. The minimum absolute atomic E-state index is 0.339. The number of hydrogen-bond acceptors (Lipinski definition) is 6. The van der Waals surface area contributed by atoms with Crippen molar-refractivity contribution in [1.29, 1.82) is 0 Å². The van der Waals surface area contributed by atoms with E-state index in [0.717, 1.165) is 11.8 Å². The van der Waals surface area contributed by atoms with Crippen molar-refractivity contribution in [1.82, 2.24) is 5.32 Å². The number of carbonyl (C=O) groups is 3. The summed E-state index contributed by atoms with van der Waals surface area (Å²) in [6, 6.07) is 4.72. The van der Waals surface area contributed by atoms with Crippen molar-refractivity contribution in [2.24, 2.45) is 0 Å². The van der Waals surface area contributed by atoms with Gasteiger partial charge in [0.05, 0.1) is 26.2 Å². The molecular formula is C13H12ClNO5S. The Labute approximate surface area is 130 Å². The standard InChI is InChI=1S/C13H12ClNO5S/c1-19-10(16)6-13(12(18)20-2)15-11(17)8-5-7(14)3-4-9(8)21-13/h3-5H,6H2,1-2H3,(H,15,17). The van der Waals surface area contributed by atoms with E-state index < -0.39 is 22.7 Å². The first kappa shape index (κ1) is 15.7. The van der Waals surface area contributed by atoms with Crippen LogP contribution in [0.5, 0.6) is 0 Å². The lowest BCUT2D eigenvalue weighted by molar-refractivity contribution is -0.150. The van der Waals surface area contributed by atoms with Gasteiger partial charge in [-0.15, -0.1) is 0 Å². The molecule has 0 fully saturated rings. The van der Waals surface area contributed by atoms with E-state index in [4.69, 9.17) is 16.3 Å². The third-order valence-corrected chi connectivity index (χ3v) is 4.49. The smallest absolute Gasteiger partial charge is 0.343 e. The zero-order valence-corrected chi connectivity index (χ0v) is 12.8. The number of thioether (sulfide) groups is 1. The molecule has 1 aliphatic rings. The Morgan fingerprint density at radius 3 is 2.67 bits per heavy atom. The number of hydrogen-bond donors (Lipinski definition) is 1. The molecule has 1 N–H and O–H groups in total. The van der Waals surface area contributed by atoms with Gasteiger partial charge in [-0.1, -0.05) is 23.4 Å². The third-order valence-electron chi connectivity index (χ3n) is 2.92. The van der Waals surface area contributed by atoms with Crippen LogP contribution in [0.1, 0.15) is 16.8 Å². The fourth-order valence-corrected chi connectivity index (χ4v) is 3.36. The van der Waals surface area contributed by atoms with E-state index in [0.29, 0.717) is 15.5 Å². The van der Waals surface area contributed by atoms with Crippen LogP contribution < -0.4 is 5.32 Å². The Morgan fingerprint density at radius 1 is 1.33 bits per heavy atom. The molecule has 0 saturated carbocycles. The van der Waals surface area contributed by atoms with Gasteiger partial charge in [-0.2, -0.15) is 0 Å². The van der Waals surface area contributed by atoms with Gasteiger partial charge in [0.1, 0.15) is 0 Å². The Morgan fingerprint density at radius 2 is 2.05 bits per heavy atom. The maximum atomic E-state index is 12.2. The summed E-state index contributed by atoms with van der Waals surface area (Å²) in [4.78, 5) is 34.8. The average Bonchev–Trinajstić information content (AvgIpc) is 2.47. The highest BCUT2D eigenvalue weighted by atomic mass is 35.5. The van der Waals surface area contributed by atoms with E-state index >= 15 is 0 Å². The van der Waals surface area contributed by atoms with Gasteiger partial charge in [0.25, 0.3) is 5.91 Å². The number of esters is 2. The molecule has 1 aromatic rings. The van der Waals surface area contributed by atoms with E-state index in [1.807, 2.05) is 0 Å². The molecule has 0 bridgehead atoms. The minimum Gasteiger partial charge on any atom is -0.469 e. The maximum Gasteiger partial charge on any atom is 0.343 e. The molecule has 1 aromatic carbocycles. The zero-order chi connectivity index (χ0) is 15.6. The van der Waals surface area contributed by atoms with Crippen molar-refractivity contribution in [3.05, 3.63) is 28.8 Å². The summed E-state index contributed by atoms with van der Waals surface area (Å²) in [6.07, 6.45) is -0.339. The predicted molar refractivity (Wildman–Crippen MR) is 76.2 cm³/mol. The number of ether oxygens (including phenoxy) is 2. The number of amides is 1. The zero-order valence-electron chi connectivity index (χ0n) is 11.3. The van der Waals surface area contributed by atoms with Crippen LogP contribution in [-0.4, -0.2) is 36.9 Å². The first-order chi connectivity index (χ1) is 9.91. The molecule has 2 rings (SSSR count). The van der Waals surface area contributed by atoms with Crippen LogP contribution in [0.2, 0.25) is 5.02 Å². The Hall–Kier alpha value is -1.73. The maximum absolute atomic E-state index is 12.2. The highest BCUT2D eigenvalue weighted by Gasteiger charge is 2.48. The number of rotatable bonds is 3. The fraction of sp³-hybridized carbons (Fsp3) is 0.308. The van der Waals surface area contributed by atoms with Crippen LogP contribution in [-0.2, 0) is 19.1 Å². The van der Waals surface area contributed by atoms with Gasteiger partial charge in [0.15, 0.2) is 4.87 Å². The van der Waals surface area contributed by atoms with Crippen LogP contribution in [0.4, 0.5) is 0 Å². The number of carbonyl (C=O) groups excluding carboxylic acids is 3. The summed E-state index contributed by atoms with van der Waals surface area (Å²) < 4.78 is 9.30. The summed E-state index contributed by atoms with van der Waals surface area (Å²) in [6.45, 7) is 0. The van der Waals surface area contributed by atoms with E-state index in [1.165, 1.54) is 20.3 Å². The Balaban J connectivity index is 2.45. The van der Waals surface area contributed by atoms with E-state index in [-0.39, 0.29) is 6.42 Å². The molecule has 21 heavy (non-hydrogen) atoms. The van der Waals surface area contributed by atoms with Gasteiger partial charge in [-0.25, -0.2) is 4.79 Å². The first-order valence-corrected chi connectivity index (χ1v) is 7.07. The molecule has 1 unspecified atom stereocenters. The monoisotopic (exact) mass is 329 g/mol. The molecule has 6 nitrogen and oxygen atoms in total. The largest absolute Gasteiger partial charge is 0.469 e. The second kappa shape index (κ2) is 5.95. The first-order valence-electron chi connectivity index (χ1n) is 5.88. The van der Waals surface area contributed by atoms with Crippen LogP contribution in [0.25, 0.3) is 0 Å². The molecule has 8 heteroatoms. The van der Waals surface area contributed by atoms with Crippen LogP contribution >= 0.6 is 23.4 Å². The molecule has 0 aromatic heterocycles. The summed E-state index contributed by atoms with van der Waals surface area (Å²) in [7, 11) is 2.39. The molecule has 0 saturated heterocycles. The van der Waals surface area contributed by atoms with Crippen molar-refractivity contribution in [3.8, 4) is 0 Å². The number of nitrogens with one attached hydrogen (secondary N) is 1. The summed E-state index contributed by atoms with van der Waals surface area (Å²) in [5.41, 5.74) is 0.344. The lowest BCUT2D eigenvalue weighted by Gasteiger charge is -2.34. The number of methoxy groups -OCH3 is 2. The molecule has 112 valence electrons. The summed E-state index contributed by atoms with van der Waals surface area (Å²) >= 11 is 6.88. The Kier molecular flexibility index (Phi) is 4.43. The van der Waals surface area contributed by atoms with Gasteiger partial charge in [0.2, 0.25) is 0 Å². The minimum atomic E-state index is -1.54. The fourth-order valence-electron chi connectivity index (χ4n) is 1.92. The molecule has 1 atom stereocenters. The molecule has 1 amide bonds. The van der Waals surface area contributed by atoms with E-state index in [1.54, 1.807) is 12.1 Å². The molecule has 0 aliphatic carbocycles. The van der Waals surface area contributed by atoms with Crippen molar-refractivity contribution in [3.63, 3.8) is 0 Å². The van der Waals surface area contributed by atoms with Crippen LogP contribution in [0.3, 0.4) is 0 Å². The lowest BCUT2D eigenvalue weighted by atomic mass is 10.1. The predicted octanol–water partition coefficient (Wildman–Crippen LogP) is 1.61. The summed E-state index contributed by atoms with van der Waals surface area (Å²) in [5, 5.41) is 2.92. The SMILES string of the molecule is COC(=O)CC1(C(=O)OC)NC(=O)c2cc(Cl)ccc2S1. The Bertz CT molecular complexity index is 621. The molecular weight excluding hydrogens is 318 g/mol. The topological polar surface area (TPSA) is 81.7 Å².